The Morgan fingerprint density at radius 3 is 2.88 bits per heavy atom. The molecule has 4 heteroatoms. The summed E-state index contributed by atoms with van der Waals surface area (Å²) in [6.07, 6.45) is 0.853. The van der Waals surface area contributed by atoms with Crippen LogP contribution in [0, 0.1) is 0 Å². The van der Waals surface area contributed by atoms with Gasteiger partial charge in [0.2, 0.25) is 0 Å². The summed E-state index contributed by atoms with van der Waals surface area (Å²) in [5, 5.41) is 22.9. The first-order valence-electron chi connectivity index (χ1n) is 5.47. The van der Waals surface area contributed by atoms with Gasteiger partial charge in [-0.1, -0.05) is 18.2 Å². The SMILES string of the molecule is Oc1ccccc1CNCC1(O)CCSC1. The fourth-order valence-corrected chi connectivity index (χ4v) is 3.12. The van der Waals surface area contributed by atoms with Gasteiger partial charge in [0.05, 0.1) is 5.60 Å². The molecule has 0 radical (unpaired) electrons. The Labute approximate surface area is 99.9 Å². The number of thioether (sulfide) groups is 1. The molecular weight excluding hydrogens is 222 g/mol. The first-order chi connectivity index (χ1) is 7.70. The molecule has 1 aromatic rings. The zero-order valence-corrected chi connectivity index (χ0v) is 9.96. The van der Waals surface area contributed by atoms with E-state index in [1.165, 1.54) is 0 Å². The second-order valence-corrected chi connectivity index (χ2v) is 5.36. The Kier molecular flexibility index (Phi) is 3.74. The van der Waals surface area contributed by atoms with E-state index in [-0.39, 0.29) is 0 Å². The molecule has 0 aliphatic carbocycles. The fourth-order valence-electron chi connectivity index (χ4n) is 1.83. The van der Waals surface area contributed by atoms with Crippen LogP contribution in [0.25, 0.3) is 0 Å². The molecule has 1 heterocycles. The number of benzene rings is 1. The molecule has 3 nitrogen and oxygen atoms in total. The van der Waals surface area contributed by atoms with Crippen molar-refractivity contribution in [3.8, 4) is 5.75 Å². The molecule has 0 saturated carbocycles. The van der Waals surface area contributed by atoms with Gasteiger partial charge >= 0.3 is 0 Å². The minimum Gasteiger partial charge on any atom is -0.508 e. The van der Waals surface area contributed by atoms with E-state index in [0.717, 1.165) is 23.5 Å². The maximum atomic E-state index is 10.1. The third-order valence-corrected chi connectivity index (χ3v) is 4.08. The predicted molar refractivity (Wildman–Crippen MR) is 66.7 cm³/mol. The third-order valence-electron chi connectivity index (χ3n) is 2.84. The number of phenolic OH excluding ortho intramolecular Hbond substituents is 1. The van der Waals surface area contributed by atoms with Gasteiger partial charge in [-0.3, -0.25) is 0 Å². The summed E-state index contributed by atoms with van der Waals surface area (Å²) in [6, 6.07) is 7.27. The lowest BCUT2D eigenvalue weighted by Gasteiger charge is -2.21. The second-order valence-electron chi connectivity index (χ2n) is 4.26. The lowest BCUT2D eigenvalue weighted by molar-refractivity contribution is 0.0674. The quantitative estimate of drug-likeness (QED) is 0.742. The molecule has 88 valence electrons. The Bertz CT molecular complexity index is 351. The fraction of sp³-hybridized carbons (Fsp3) is 0.500. The maximum absolute atomic E-state index is 10.1. The highest BCUT2D eigenvalue weighted by Gasteiger charge is 2.30. The van der Waals surface area contributed by atoms with Crippen LogP contribution < -0.4 is 5.32 Å². The van der Waals surface area contributed by atoms with Crippen molar-refractivity contribution in [2.45, 2.75) is 18.6 Å². The summed E-state index contributed by atoms with van der Waals surface area (Å²) >= 11 is 1.79. The van der Waals surface area contributed by atoms with E-state index >= 15 is 0 Å². The molecule has 3 N–H and O–H groups in total. The highest BCUT2D eigenvalue weighted by molar-refractivity contribution is 7.99. The van der Waals surface area contributed by atoms with Crippen molar-refractivity contribution in [3.63, 3.8) is 0 Å². The van der Waals surface area contributed by atoms with E-state index in [1.54, 1.807) is 23.9 Å². The van der Waals surface area contributed by atoms with E-state index in [9.17, 15) is 10.2 Å². The Balaban J connectivity index is 1.82. The van der Waals surface area contributed by atoms with E-state index in [4.69, 9.17) is 0 Å². The lowest BCUT2D eigenvalue weighted by Crippen LogP contribution is -2.40. The number of hydrogen-bond acceptors (Lipinski definition) is 4. The molecule has 2 rings (SSSR count). The van der Waals surface area contributed by atoms with Gasteiger partial charge in [0, 0.05) is 24.4 Å². The van der Waals surface area contributed by atoms with Crippen LogP contribution in [0.5, 0.6) is 5.75 Å². The van der Waals surface area contributed by atoms with Gasteiger partial charge in [-0.05, 0) is 18.2 Å². The van der Waals surface area contributed by atoms with Crippen LogP contribution >= 0.6 is 11.8 Å². The van der Waals surface area contributed by atoms with E-state index in [0.29, 0.717) is 18.8 Å². The number of phenols is 1. The Morgan fingerprint density at radius 1 is 1.38 bits per heavy atom. The number of aromatic hydroxyl groups is 1. The highest BCUT2D eigenvalue weighted by Crippen LogP contribution is 2.27. The molecule has 0 aromatic heterocycles. The molecule has 0 amide bonds. The number of nitrogens with one attached hydrogen (secondary N) is 1. The number of para-hydroxylation sites is 1. The van der Waals surface area contributed by atoms with Crippen molar-refractivity contribution in [3.05, 3.63) is 29.8 Å². The summed E-state index contributed by atoms with van der Waals surface area (Å²) in [5.74, 6) is 2.15. The van der Waals surface area contributed by atoms with Gasteiger partial charge in [0.15, 0.2) is 0 Å². The normalized spacial score (nSPS) is 24.8. The summed E-state index contributed by atoms with van der Waals surface area (Å²) in [5.41, 5.74) is 0.312. The molecule has 1 aliphatic heterocycles. The van der Waals surface area contributed by atoms with E-state index < -0.39 is 5.60 Å². The molecule has 1 fully saturated rings. The van der Waals surface area contributed by atoms with E-state index in [2.05, 4.69) is 5.32 Å². The minimum atomic E-state index is -0.560. The largest absolute Gasteiger partial charge is 0.508 e. The standard InChI is InChI=1S/C12H17NO2S/c14-11-4-2-1-3-10(11)7-13-8-12(15)5-6-16-9-12/h1-4,13-15H,5-9H2. The zero-order chi connectivity index (χ0) is 11.4. The number of hydrogen-bond donors (Lipinski definition) is 3. The molecule has 1 aromatic carbocycles. The monoisotopic (exact) mass is 239 g/mol. The van der Waals surface area contributed by atoms with Gasteiger partial charge in [0.25, 0.3) is 0 Å². The van der Waals surface area contributed by atoms with Crippen molar-refractivity contribution in [2.75, 3.05) is 18.1 Å². The van der Waals surface area contributed by atoms with Crippen molar-refractivity contribution >= 4 is 11.8 Å². The van der Waals surface area contributed by atoms with Gasteiger partial charge in [-0.15, -0.1) is 0 Å². The van der Waals surface area contributed by atoms with Crippen LogP contribution in [-0.2, 0) is 6.54 Å². The Morgan fingerprint density at radius 2 is 2.19 bits per heavy atom. The molecule has 1 unspecified atom stereocenters. The first-order valence-corrected chi connectivity index (χ1v) is 6.63. The average Bonchev–Trinajstić information content (AvgIpc) is 2.68. The topological polar surface area (TPSA) is 52.5 Å². The van der Waals surface area contributed by atoms with Gasteiger partial charge in [-0.25, -0.2) is 0 Å². The van der Waals surface area contributed by atoms with Crippen LogP contribution in [-0.4, -0.2) is 33.9 Å². The van der Waals surface area contributed by atoms with Crippen LogP contribution in [0.2, 0.25) is 0 Å². The van der Waals surface area contributed by atoms with Crippen molar-refractivity contribution in [1.29, 1.82) is 0 Å². The number of aliphatic hydroxyl groups is 1. The Hall–Kier alpha value is -0.710. The third kappa shape index (κ3) is 2.90. The second kappa shape index (κ2) is 5.08. The van der Waals surface area contributed by atoms with Gasteiger partial charge in [0.1, 0.15) is 5.75 Å². The van der Waals surface area contributed by atoms with Gasteiger partial charge in [-0.2, -0.15) is 11.8 Å². The predicted octanol–water partition coefficient (Wildman–Crippen LogP) is 1.35. The summed E-state index contributed by atoms with van der Waals surface area (Å²) < 4.78 is 0. The molecule has 16 heavy (non-hydrogen) atoms. The van der Waals surface area contributed by atoms with Crippen molar-refractivity contribution < 1.29 is 10.2 Å². The minimum absolute atomic E-state index is 0.308. The first kappa shape index (κ1) is 11.8. The van der Waals surface area contributed by atoms with Crippen LogP contribution in [0.15, 0.2) is 24.3 Å². The van der Waals surface area contributed by atoms with Crippen LogP contribution in [0.4, 0.5) is 0 Å². The van der Waals surface area contributed by atoms with Gasteiger partial charge < -0.3 is 15.5 Å². The molecule has 0 bridgehead atoms. The highest BCUT2D eigenvalue weighted by atomic mass is 32.2. The summed E-state index contributed by atoms with van der Waals surface area (Å²) in [7, 11) is 0. The van der Waals surface area contributed by atoms with E-state index in [1.807, 2.05) is 12.1 Å². The van der Waals surface area contributed by atoms with Crippen LogP contribution in [0.1, 0.15) is 12.0 Å². The molecule has 1 aliphatic rings. The maximum Gasteiger partial charge on any atom is 0.120 e. The lowest BCUT2D eigenvalue weighted by atomic mass is 10.0. The summed E-state index contributed by atoms with van der Waals surface area (Å²) in [4.78, 5) is 0. The van der Waals surface area contributed by atoms with Crippen LogP contribution in [0.3, 0.4) is 0 Å². The smallest absolute Gasteiger partial charge is 0.120 e. The van der Waals surface area contributed by atoms with Crippen molar-refractivity contribution in [2.24, 2.45) is 0 Å². The molecule has 0 spiro atoms. The molecule has 1 atom stereocenters. The molecule has 1 saturated heterocycles. The zero-order valence-electron chi connectivity index (χ0n) is 9.15. The van der Waals surface area contributed by atoms with Crippen molar-refractivity contribution in [1.82, 2.24) is 5.32 Å². The average molecular weight is 239 g/mol. The molecular formula is C12H17NO2S. The summed E-state index contributed by atoms with van der Waals surface area (Å²) in [6.45, 7) is 1.19. The number of rotatable bonds is 4.